The molecule has 0 bridgehead atoms. The summed E-state index contributed by atoms with van der Waals surface area (Å²) in [5, 5.41) is 0. The van der Waals surface area contributed by atoms with E-state index in [1.807, 2.05) is 33.0 Å². The van der Waals surface area contributed by atoms with Crippen molar-refractivity contribution in [2.45, 2.75) is 38.8 Å². The summed E-state index contributed by atoms with van der Waals surface area (Å²) in [7, 11) is 0. The number of pyridine rings is 1. The summed E-state index contributed by atoms with van der Waals surface area (Å²) in [5.41, 5.74) is 6.99. The molecule has 0 fully saturated rings. The normalized spacial score (nSPS) is 13.8. The number of nitrogens with zero attached hydrogens (tertiary/aromatic N) is 1. The fourth-order valence-corrected chi connectivity index (χ4v) is 1.70. The van der Waals surface area contributed by atoms with Crippen molar-refractivity contribution in [1.82, 2.24) is 4.98 Å². The van der Waals surface area contributed by atoms with Crippen LogP contribution in [0.25, 0.3) is 0 Å². The number of ether oxygens (including phenoxy) is 1. The van der Waals surface area contributed by atoms with Gasteiger partial charge in [-0.25, -0.2) is 0 Å². The molecule has 0 saturated carbocycles. The molecule has 1 rings (SSSR count). The second-order valence-electron chi connectivity index (χ2n) is 4.90. The lowest BCUT2D eigenvalue weighted by Crippen LogP contribution is -2.33. The molecule has 1 unspecified atom stereocenters. The maximum atomic E-state index is 5.99. The van der Waals surface area contributed by atoms with Gasteiger partial charge in [0.25, 0.3) is 0 Å². The zero-order chi connectivity index (χ0) is 12.2. The van der Waals surface area contributed by atoms with Gasteiger partial charge in [0.05, 0.1) is 12.2 Å². The Hall–Kier alpha value is -0.450. The van der Waals surface area contributed by atoms with E-state index in [0.717, 1.165) is 16.5 Å². The van der Waals surface area contributed by atoms with E-state index in [9.17, 15) is 0 Å². The lowest BCUT2D eigenvalue weighted by atomic mass is 10.1. The van der Waals surface area contributed by atoms with Gasteiger partial charge in [0.15, 0.2) is 0 Å². The van der Waals surface area contributed by atoms with E-state index in [0.29, 0.717) is 6.61 Å². The first kappa shape index (κ1) is 13.6. The third-order valence-corrected chi connectivity index (χ3v) is 2.42. The molecule has 2 N–H and O–H groups in total. The van der Waals surface area contributed by atoms with Gasteiger partial charge in [-0.3, -0.25) is 4.98 Å². The fourth-order valence-electron chi connectivity index (χ4n) is 1.29. The molecule has 90 valence electrons. The fraction of sp³-hybridized carbons (Fsp3) is 0.583. The third kappa shape index (κ3) is 5.58. The quantitative estimate of drug-likeness (QED) is 0.925. The second-order valence-corrected chi connectivity index (χ2v) is 5.81. The maximum Gasteiger partial charge on any atom is 0.0627 e. The summed E-state index contributed by atoms with van der Waals surface area (Å²) in [4.78, 5) is 4.10. The van der Waals surface area contributed by atoms with Crippen LogP contribution in [0.3, 0.4) is 0 Å². The van der Waals surface area contributed by atoms with Gasteiger partial charge in [-0.15, -0.1) is 0 Å². The summed E-state index contributed by atoms with van der Waals surface area (Å²) in [6.45, 7) is 6.65. The van der Waals surface area contributed by atoms with Crippen LogP contribution in [0.15, 0.2) is 22.9 Å². The highest BCUT2D eigenvalue weighted by molar-refractivity contribution is 9.10. The Labute approximate surface area is 106 Å². The first-order valence-corrected chi connectivity index (χ1v) is 6.15. The van der Waals surface area contributed by atoms with Crippen LogP contribution in [0, 0.1) is 0 Å². The van der Waals surface area contributed by atoms with E-state index < -0.39 is 0 Å². The standard InChI is InChI=1S/C12H19BrN2O/c1-12(2,3)16-8-11(14)5-9-4-10(13)7-15-6-9/h4,6-7,11H,5,8,14H2,1-3H3. The lowest BCUT2D eigenvalue weighted by Gasteiger charge is -2.22. The van der Waals surface area contributed by atoms with Crippen LogP contribution >= 0.6 is 15.9 Å². The van der Waals surface area contributed by atoms with Gasteiger partial charge in [-0.1, -0.05) is 0 Å². The molecule has 0 amide bonds. The van der Waals surface area contributed by atoms with Crippen molar-refractivity contribution < 1.29 is 4.74 Å². The van der Waals surface area contributed by atoms with Crippen molar-refractivity contribution in [2.75, 3.05) is 6.61 Å². The predicted molar refractivity (Wildman–Crippen MR) is 69.3 cm³/mol. The molecule has 0 aliphatic rings. The van der Waals surface area contributed by atoms with E-state index >= 15 is 0 Å². The van der Waals surface area contributed by atoms with Crippen LogP contribution in [0.1, 0.15) is 26.3 Å². The summed E-state index contributed by atoms with van der Waals surface area (Å²) in [5.74, 6) is 0. The zero-order valence-corrected chi connectivity index (χ0v) is 11.6. The molecule has 1 aromatic rings. The van der Waals surface area contributed by atoms with Crippen molar-refractivity contribution in [2.24, 2.45) is 5.73 Å². The Kier molecular flexibility index (Phi) is 4.89. The Bertz CT molecular complexity index is 336. The molecule has 0 spiro atoms. The van der Waals surface area contributed by atoms with Crippen LogP contribution in [-0.4, -0.2) is 23.2 Å². The molecule has 0 aliphatic carbocycles. The first-order chi connectivity index (χ1) is 7.37. The highest BCUT2D eigenvalue weighted by Gasteiger charge is 2.13. The van der Waals surface area contributed by atoms with Gasteiger partial charge in [0.1, 0.15) is 0 Å². The van der Waals surface area contributed by atoms with Gasteiger partial charge in [0.2, 0.25) is 0 Å². The monoisotopic (exact) mass is 286 g/mol. The van der Waals surface area contributed by atoms with Crippen LogP contribution in [0.5, 0.6) is 0 Å². The van der Waals surface area contributed by atoms with Crippen LogP contribution in [-0.2, 0) is 11.2 Å². The highest BCUT2D eigenvalue weighted by atomic mass is 79.9. The van der Waals surface area contributed by atoms with Crippen LogP contribution in [0.2, 0.25) is 0 Å². The molecule has 0 aliphatic heterocycles. The van der Waals surface area contributed by atoms with Crippen molar-refractivity contribution in [3.63, 3.8) is 0 Å². The van der Waals surface area contributed by atoms with Crippen molar-refractivity contribution in [3.8, 4) is 0 Å². The average molecular weight is 287 g/mol. The number of hydrogen-bond acceptors (Lipinski definition) is 3. The Morgan fingerprint density at radius 1 is 1.44 bits per heavy atom. The minimum atomic E-state index is -0.132. The van der Waals surface area contributed by atoms with E-state index in [2.05, 4.69) is 20.9 Å². The molecule has 0 saturated heterocycles. The molecule has 0 aromatic carbocycles. The number of nitrogens with two attached hydrogens (primary N) is 1. The van der Waals surface area contributed by atoms with Crippen molar-refractivity contribution in [3.05, 3.63) is 28.5 Å². The minimum absolute atomic E-state index is 0.00956. The second kappa shape index (κ2) is 5.75. The van der Waals surface area contributed by atoms with Gasteiger partial charge in [0, 0.05) is 22.9 Å². The topological polar surface area (TPSA) is 48.1 Å². The van der Waals surface area contributed by atoms with E-state index in [-0.39, 0.29) is 11.6 Å². The predicted octanol–water partition coefficient (Wildman–Crippen LogP) is 2.53. The molecule has 3 nitrogen and oxygen atoms in total. The van der Waals surface area contributed by atoms with E-state index in [1.54, 1.807) is 6.20 Å². The number of halogens is 1. The number of aromatic nitrogens is 1. The minimum Gasteiger partial charge on any atom is -0.374 e. The van der Waals surface area contributed by atoms with Crippen LogP contribution < -0.4 is 5.73 Å². The molecule has 1 atom stereocenters. The van der Waals surface area contributed by atoms with Crippen molar-refractivity contribution in [1.29, 1.82) is 0 Å². The van der Waals surface area contributed by atoms with Gasteiger partial charge >= 0.3 is 0 Å². The number of hydrogen-bond donors (Lipinski definition) is 1. The van der Waals surface area contributed by atoms with Gasteiger partial charge in [-0.2, -0.15) is 0 Å². The van der Waals surface area contributed by atoms with Crippen LogP contribution in [0.4, 0.5) is 0 Å². The molecule has 0 radical (unpaired) electrons. The summed E-state index contributed by atoms with van der Waals surface area (Å²) in [6.07, 6.45) is 4.38. The Morgan fingerprint density at radius 3 is 2.69 bits per heavy atom. The average Bonchev–Trinajstić information content (AvgIpc) is 2.14. The SMILES string of the molecule is CC(C)(C)OCC(N)Cc1cncc(Br)c1. The first-order valence-electron chi connectivity index (χ1n) is 5.36. The molecule has 1 aromatic heterocycles. The molecule has 4 heteroatoms. The Morgan fingerprint density at radius 2 is 2.12 bits per heavy atom. The van der Waals surface area contributed by atoms with E-state index in [4.69, 9.17) is 10.5 Å². The third-order valence-electron chi connectivity index (χ3n) is 1.99. The molecule has 16 heavy (non-hydrogen) atoms. The van der Waals surface area contributed by atoms with E-state index in [1.165, 1.54) is 0 Å². The van der Waals surface area contributed by atoms with Gasteiger partial charge in [-0.05, 0) is 54.8 Å². The smallest absolute Gasteiger partial charge is 0.0627 e. The summed E-state index contributed by atoms with van der Waals surface area (Å²) >= 11 is 3.39. The van der Waals surface area contributed by atoms with Crippen molar-refractivity contribution >= 4 is 15.9 Å². The molecular weight excluding hydrogens is 268 g/mol. The largest absolute Gasteiger partial charge is 0.374 e. The molecular formula is C12H19BrN2O. The Balaban J connectivity index is 2.43. The summed E-state index contributed by atoms with van der Waals surface area (Å²) in [6, 6.07) is 2.04. The zero-order valence-electron chi connectivity index (χ0n) is 10.0. The summed E-state index contributed by atoms with van der Waals surface area (Å²) < 4.78 is 6.62. The molecule has 1 heterocycles. The number of rotatable bonds is 4. The maximum absolute atomic E-state index is 5.99. The highest BCUT2D eigenvalue weighted by Crippen LogP contribution is 2.12. The van der Waals surface area contributed by atoms with Gasteiger partial charge < -0.3 is 10.5 Å². The lowest BCUT2D eigenvalue weighted by molar-refractivity contribution is -0.00983.